The number of hydrogen-bond donors (Lipinski definition) is 0. The molecule has 0 fully saturated rings. The summed E-state index contributed by atoms with van der Waals surface area (Å²) in [6.45, 7) is 2.30. The van der Waals surface area contributed by atoms with Crippen LogP contribution in [-0.4, -0.2) is 31.7 Å². The van der Waals surface area contributed by atoms with Gasteiger partial charge in [-0.25, -0.2) is 13.9 Å². The molecule has 3 aromatic heterocycles. The molecule has 0 aliphatic heterocycles. The number of benzene rings is 1. The summed E-state index contributed by atoms with van der Waals surface area (Å²) in [6.07, 6.45) is 1.70. The van der Waals surface area contributed by atoms with Crippen molar-refractivity contribution in [1.29, 1.82) is 0 Å². The molecule has 0 unspecified atom stereocenters. The summed E-state index contributed by atoms with van der Waals surface area (Å²) < 4.78 is 4.61. The van der Waals surface area contributed by atoms with E-state index in [9.17, 15) is 14.4 Å². The Hall–Kier alpha value is -3.20. The maximum atomic E-state index is 13.1. The second-order valence-corrected chi connectivity index (χ2v) is 7.73. The topological polar surface area (TPSA) is 81.6 Å². The van der Waals surface area contributed by atoms with E-state index in [-0.39, 0.29) is 23.8 Å². The first kappa shape index (κ1) is 19.1. The number of nitrogens with zero attached hydrogens (tertiary/aromatic N) is 5. The van der Waals surface area contributed by atoms with Crippen LogP contribution in [-0.2, 0) is 17.9 Å². The lowest BCUT2D eigenvalue weighted by atomic mass is 10.3. The second-order valence-electron chi connectivity index (χ2n) is 6.81. The number of amides is 1. The molecule has 0 aliphatic rings. The molecule has 0 N–H and O–H groups in total. The standard InChI is InChI=1S/C20H21N5O3S/c1-3-4-11-23-18(27)17-15(10-12-29-17)25-19(23)21-24(20(25)28)13-16(26)22(2)14-8-6-5-7-9-14/h5-10,12H,3-4,11,13H2,1-2H3. The summed E-state index contributed by atoms with van der Waals surface area (Å²) in [4.78, 5) is 40.2. The van der Waals surface area contributed by atoms with Crippen molar-refractivity contribution >= 4 is 38.9 Å². The van der Waals surface area contributed by atoms with Crippen molar-refractivity contribution in [2.45, 2.75) is 32.9 Å². The number of carbonyl (C=O) groups is 1. The zero-order valence-electron chi connectivity index (χ0n) is 16.2. The Kier molecular flexibility index (Phi) is 5.06. The molecule has 0 saturated heterocycles. The summed E-state index contributed by atoms with van der Waals surface area (Å²) in [7, 11) is 1.66. The minimum absolute atomic E-state index is 0.152. The van der Waals surface area contributed by atoms with E-state index in [0.717, 1.165) is 23.2 Å². The number of thiophene rings is 1. The lowest BCUT2D eigenvalue weighted by Gasteiger charge is -2.16. The Balaban J connectivity index is 1.80. The van der Waals surface area contributed by atoms with E-state index >= 15 is 0 Å². The summed E-state index contributed by atoms with van der Waals surface area (Å²) in [5, 5.41) is 6.14. The Morgan fingerprint density at radius 3 is 2.66 bits per heavy atom. The van der Waals surface area contributed by atoms with Gasteiger partial charge in [-0.3, -0.25) is 14.2 Å². The highest BCUT2D eigenvalue weighted by atomic mass is 32.1. The largest absolute Gasteiger partial charge is 0.352 e. The Morgan fingerprint density at radius 2 is 1.93 bits per heavy atom. The predicted octanol–water partition coefficient (Wildman–Crippen LogP) is 2.34. The van der Waals surface area contributed by atoms with Gasteiger partial charge in [0.1, 0.15) is 11.2 Å². The van der Waals surface area contributed by atoms with Gasteiger partial charge in [-0.05, 0) is 30.0 Å². The monoisotopic (exact) mass is 411 g/mol. The number of anilines is 1. The number of hydrogen-bond acceptors (Lipinski definition) is 5. The fourth-order valence-corrected chi connectivity index (χ4v) is 4.11. The summed E-state index contributed by atoms with van der Waals surface area (Å²) in [6, 6.07) is 10.9. The van der Waals surface area contributed by atoms with Gasteiger partial charge in [0, 0.05) is 19.3 Å². The molecule has 0 saturated carbocycles. The highest BCUT2D eigenvalue weighted by Gasteiger charge is 2.20. The van der Waals surface area contributed by atoms with E-state index in [1.165, 1.54) is 25.2 Å². The molecule has 8 nitrogen and oxygen atoms in total. The minimum Gasteiger partial charge on any atom is -0.314 e. The average molecular weight is 411 g/mol. The van der Waals surface area contributed by atoms with Crippen LogP contribution in [0.15, 0.2) is 51.4 Å². The van der Waals surface area contributed by atoms with Crippen molar-refractivity contribution < 1.29 is 4.79 Å². The minimum atomic E-state index is -0.427. The van der Waals surface area contributed by atoms with Crippen molar-refractivity contribution in [3.05, 3.63) is 62.6 Å². The van der Waals surface area contributed by atoms with E-state index in [0.29, 0.717) is 16.8 Å². The first-order valence-electron chi connectivity index (χ1n) is 9.44. The maximum Gasteiger partial charge on any atom is 0.352 e. The van der Waals surface area contributed by atoms with Crippen molar-refractivity contribution in [3.63, 3.8) is 0 Å². The molecule has 1 amide bonds. The third-order valence-corrected chi connectivity index (χ3v) is 5.82. The van der Waals surface area contributed by atoms with Gasteiger partial charge >= 0.3 is 5.69 Å². The summed E-state index contributed by atoms with van der Waals surface area (Å²) in [5.41, 5.74) is 0.682. The second kappa shape index (κ2) is 7.67. The number of unbranched alkanes of at least 4 members (excludes halogenated alkanes) is 1. The molecule has 0 aliphatic carbocycles. The van der Waals surface area contributed by atoms with E-state index in [2.05, 4.69) is 5.10 Å². The molecule has 0 spiro atoms. The van der Waals surface area contributed by atoms with Gasteiger partial charge in [0.05, 0.1) is 5.52 Å². The van der Waals surface area contributed by atoms with Gasteiger partial charge < -0.3 is 4.90 Å². The molecule has 0 bridgehead atoms. The number of aromatic nitrogens is 4. The van der Waals surface area contributed by atoms with Gasteiger partial charge in [0.2, 0.25) is 11.7 Å². The summed E-state index contributed by atoms with van der Waals surface area (Å²) in [5.74, 6) is 0.000220. The number of likely N-dealkylation sites (N-methyl/N-ethyl adjacent to an activating group) is 1. The zero-order valence-corrected chi connectivity index (χ0v) is 17.1. The molecule has 0 radical (unpaired) electrons. The van der Waals surface area contributed by atoms with Crippen LogP contribution in [0.1, 0.15) is 19.8 Å². The van der Waals surface area contributed by atoms with E-state index in [4.69, 9.17) is 0 Å². The van der Waals surface area contributed by atoms with Crippen molar-refractivity contribution in [2.24, 2.45) is 0 Å². The van der Waals surface area contributed by atoms with Crippen LogP contribution in [0.4, 0.5) is 5.69 Å². The molecule has 29 heavy (non-hydrogen) atoms. The van der Waals surface area contributed by atoms with Gasteiger partial charge in [-0.1, -0.05) is 31.5 Å². The average Bonchev–Trinajstić information content (AvgIpc) is 3.33. The third kappa shape index (κ3) is 3.27. The summed E-state index contributed by atoms with van der Waals surface area (Å²) >= 11 is 1.31. The third-order valence-electron chi connectivity index (χ3n) is 4.93. The van der Waals surface area contributed by atoms with Crippen LogP contribution in [0.25, 0.3) is 16.0 Å². The highest BCUT2D eigenvalue weighted by Crippen LogP contribution is 2.17. The van der Waals surface area contributed by atoms with Crippen LogP contribution in [0.3, 0.4) is 0 Å². The highest BCUT2D eigenvalue weighted by molar-refractivity contribution is 7.17. The van der Waals surface area contributed by atoms with Crippen molar-refractivity contribution in [1.82, 2.24) is 18.7 Å². The Labute approximate surface area is 170 Å². The quantitative estimate of drug-likeness (QED) is 0.488. The molecule has 9 heteroatoms. The van der Waals surface area contributed by atoms with E-state index in [1.807, 2.05) is 37.3 Å². The Bertz CT molecular complexity index is 1300. The lowest BCUT2D eigenvalue weighted by molar-refractivity contribution is -0.119. The van der Waals surface area contributed by atoms with Crippen molar-refractivity contribution in [2.75, 3.05) is 11.9 Å². The molecule has 1 aromatic carbocycles. The normalized spacial score (nSPS) is 11.4. The smallest absolute Gasteiger partial charge is 0.314 e. The molecule has 150 valence electrons. The van der Waals surface area contributed by atoms with Gasteiger partial charge in [-0.2, -0.15) is 0 Å². The lowest BCUT2D eigenvalue weighted by Crippen LogP contribution is -2.34. The van der Waals surface area contributed by atoms with Crippen LogP contribution in [0.2, 0.25) is 0 Å². The van der Waals surface area contributed by atoms with E-state index < -0.39 is 5.69 Å². The number of carbonyl (C=O) groups excluding carboxylic acids is 1. The molecular formula is C20H21N5O3S. The molecule has 3 heterocycles. The Morgan fingerprint density at radius 1 is 1.17 bits per heavy atom. The fourth-order valence-electron chi connectivity index (χ4n) is 3.28. The molecule has 4 rings (SSSR count). The van der Waals surface area contributed by atoms with Crippen LogP contribution >= 0.6 is 11.3 Å². The number of fused-ring (bicyclic) bond motifs is 3. The fraction of sp³-hybridized carbons (Fsp3) is 0.300. The molecule has 0 atom stereocenters. The number of rotatable bonds is 6. The number of aryl methyl sites for hydroxylation is 1. The van der Waals surface area contributed by atoms with Crippen molar-refractivity contribution in [3.8, 4) is 0 Å². The van der Waals surface area contributed by atoms with Crippen LogP contribution < -0.4 is 16.1 Å². The predicted molar refractivity (Wildman–Crippen MR) is 114 cm³/mol. The van der Waals surface area contributed by atoms with Gasteiger partial charge in [0.25, 0.3) is 5.56 Å². The maximum absolute atomic E-state index is 13.1. The van der Waals surface area contributed by atoms with Crippen LogP contribution in [0.5, 0.6) is 0 Å². The number of para-hydroxylation sites is 1. The van der Waals surface area contributed by atoms with E-state index in [1.54, 1.807) is 18.5 Å². The first-order valence-corrected chi connectivity index (χ1v) is 10.3. The van der Waals surface area contributed by atoms with Crippen LogP contribution in [0, 0.1) is 0 Å². The van der Waals surface area contributed by atoms with Gasteiger partial charge in [-0.15, -0.1) is 16.4 Å². The first-order chi connectivity index (χ1) is 14.0. The SMILES string of the molecule is CCCCn1c(=O)c2sccc2n2c(=O)n(CC(=O)N(C)c3ccccc3)nc12. The zero-order chi connectivity index (χ0) is 20.5. The molecule has 4 aromatic rings. The molecular weight excluding hydrogens is 390 g/mol. The van der Waals surface area contributed by atoms with Gasteiger partial charge in [0.15, 0.2) is 0 Å².